The van der Waals surface area contributed by atoms with Crippen LogP contribution in [0, 0.1) is 5.82 Å². The Morgan fingerprint density at radius 1 is 0.919 bits per heavy atom. The smallest absolute Gasteiger partial charge is 0.461 e. The SMILES string of the molecule is CC(Oc1ccc(Oc2cnc3cc(F)ccc3n2)cc1)C(=O)Nc1ccc(OC(F)(F)C(F)F)cc1. The molecule has 0 spiro atoms. The molecule has 0 radical (unpaired) electrons. The Kier molecular flexibility index (Phi) is 7.37. The van der Waals surface area contributed by atoms with Crippen LogP contribution in [0.5, 0.6) is 23.1 Å². The van der Waals surface area contributed by atoms with Crippen LogP contribution in [-0.4, -0.2) is 34.5 Å². The molecule has 12 heteroatoms. The Labute approximate surface area is 206 Å². The van der Waals surface area contributed by atoms with E-state index < -0.39 is 36.1 Å². The molecule has 0 aliphatic heterocycles. The van der Waals surface area contributed by atoms with E-state index in [0.29, 0.717) is 22.5 Å². The lowest BCUT2D eigenvalue weighted by molar-refractivity contribution is -0.253. The van der Waals surface area contributed by atoms with Crippen molar-refractivity contribution in [1.82, 2.24) is 9.97 Å². The zero-order valence-electron chi connectivity index (χ0n) is 19.0. The standard InChI is InChI=1S/C25H18F5N3O4/c1-14(23(34)32-16-3-5-19(6-4-16)37-25(29,30)24(27)28)35-17-7-9-18(10-8-17)36-22-13-31-21-12-15(26)2-11-20(21)33-22/h2-14,24H,1H3,(H,32,34). The minimum Gasteiger partial charge on any atom is -0.481 e. The second-order valence-corrected chi connectivity index (χ2v) is 7.65. The lowest BCUT2D eigenvalue weighted by Crippen LogP contribution is -2.33. The first-order chi connectivity index (χ1) is 17.6. The largest absolute Gasteiger partial charge is 0.481 e. The van der Waals surface area contributed by atoms with Gasteiger partial charge in [-0.1, -0.05) is 0 Å². The molecule has 37 heavy (non-hydrogen) atoms. The van der Waals surface area contributed by atoms with E-state index in [0.717, 1.165) is 12.1 Å². The van der Waals surface area contributed by atoms with Gasteiger partial charge in [-0.25, -0.2) is 14.4 Å². The van der Waals surface area contributed by atoms with Gasteiger partial charge in [-0.05, 0) is 67.6 Å². The fourth-order valence-electron chi connectivity index (χ4n) is 3.03. The van der Waals surface area contributed by atoms with E-state index in [4.69, 9.17) is 9.47 Å². The van der Waals surface area contributed by atoms with Gasteiger partial charge in [0, 0.05) is 11.8 Å². The van der Waals surface area contributed by atoms with Crippen molar-refractivity contribution in [3.63, 3.8) is 0 Å². The number of alkyl halides is 4. The second kappa shape index (κ2) is 10.6. The fourth-order valence-corrected chi connectivity index (χ4v) is 3.03. The molecule has 0 fully saturated rings. The first-order valence-corrected chi connectivity index (χ1v) is 10.7. The predicted molar refractivity (Wildman–Crippen MR) is 123 cm³/mol. The molecule has 4 aromatic rings. The van der Waals surface area contributed by atoms with Crippen molar-refractivity contribution in [2.24, 2.45) is 0 Å². The van der Waals surface area contributed by atoms with E-state index in [-0.39, 0.29) is 11.6 Å². The molecule has 0 saturated heterocycles. The van der Waals surface area contributed by atoms with Crippen molar-refractivity contribution in [2.45, 2.75) is 25.6 Å². The van der Waals surface area contributed by atoms with E-state index in [1.54, 1.807) is 24.3 Å². The average molecular weight is 519 g/mol. The quantitative estimate of drug-likeness (QED) is 0.265. The number of nitrogens with one attached hydrogen (secondary N) is 1. The number of halogens is 5. The molecule has 1 unspecified atom stereocenters. The number of amides is 1. The van der Waals surface area contributed by atoms with Gasteiger partial charge >= 0.3 is 12.5 Å². The van der Waals surface area contributed by atoms with Crippen LogP contribution in [0.3, 0.4) is 0 Å². The van der Waals surface area contributed by atoms with Crippen molar-refractivity contribution in [3.8, 4) is 23.1 Å². The fraction of sp³-hybridized carbons (Fsp3) is 0.160. The van der Waals surface area contributed by atoms with Crippen molar-refractivity contribution >= 4 is 22.6 Å². The van der Waals surface area contributed by atoms with Crippen LogP contribution < -0.4 is 19.5 Å². The lowest BCUT2D eigenvalue weighted by atomic mass is 10.2. The summed E-state index contributed by atoms with van der Waals surface area (Å²) in [5.41, 5.74) is 1.07. The summed E-state index contributed by atoms with van der Waals surface area (Å²) in [4.78, 5) is 20.8. The Balaban J connectivity index is 1.31. The van der Waals surface area contributed by atoms with Crippen LogP contribution >= 0.6 is 0 Å². The topological polar surface area (TPSA) is 82.6 Å². The molecule has 7 nitrogen and oxygen atoms in total. The third kappa shape index (κ3) is 6.60. The zero-order valence-corrected chi connectivity index (χ0v) is 19.0. The Morgan fingerprint density at radius 2 is 1.57 bits per heavy atom. The summed E-state index contributed by atoms with van der Waals surface area (Å²) < 4.78 is 78.9. The molecule has 1 N–H and O–H groups in total. The van der Waals surface area contributed by atoms with Gasteiger partial charge in [-0.15, -0.1) is 0 Å². The van der Waals surface area contributed by atoms with E-state index >= 15 is 0 Å². The second-order valence-electron chi connectivity index (χ2n) is 7.65. The van der Waals surface area contributed by atoms with Crippen molar-refractivity contribution in [3.05, 3.63) is 78.7 Å². The van der Waals surface area contributed by atoms with Crippen molar-refractivity contribution in [1.29, 1.82) is 0 Å². The van der Waals surface area contributed by atoms with Crippen LogP contribution in [0.2, 0.25) is 0 Å². The normalized spacial score (nSPS) is 12.3. The maximum atomic E-state index is 13.3. The molecular formula is C25H18F5N3O4. The molecule has 0 bridgehead atoms. The van der Waals surface area contributed by atoms with Gasteiger partial charge in [-0.3, -0.25) is 4.79 Å². The number of ether oxygens (including phenoxy) is 3. The molecule has 0 aliphatic rings. The van der Waals surface area contributed by atoms with Crippen LogP contribution in [0.15, 0.2) is 72.9 Å². The Bertz CT molecular complexity index is 1390. The summed E-state index contributed by atoms with van der Waals surface area (Å²) in [6.07, 6.45) is -8.19. The van der Waals surface area contributed by atoms with Gasteiger partial charge < -0.3 is 19.5 Å². The van der Waals surface area contributed by atoms with Crippen LogP contribution in [0.1, 0.15) is 6.92 Å². The van der Waals surface area contributed by atoms with E-state index in [1.165, 1.54) is 43.5 Å². The number of hydrogen-bond acceptors (Lipinski definition) is 6. The zero-order chi connectivity index (χ0) is 26.6. The predicted octanol–water partition coefficient (Wildman–Crippen LogP) is 6.20. The van der Waals surface area contributed by atoms with Gasteiger partial charge in [0.25, 0.3) is 5.91 Å². The number of nitrogens with zero attached hydrogens (tertiary/aromatic N) is 2. The molecule has 1 atom stereocenters. The maximum Gasteiger partial charge on any atom is 0.461 e. The van der Waals surface area contributed by atoms with Crippen LogP contribution in [0.4, 0.5) is 27.6 Å². The summed E-state index contributed by atoms with van der Waals surface area (Å²) in [6, 6.07) is 14.8. The minimum absolute atomic E-state index is 0.204. The van der Waals surface area contributed by atoms with E-state index in [2.05, 4.69) is 20.0 Å². The highest BCUT2D eigenvalue weighted by Crippen LogP contribution is 2.28. The summed E-state index contributed by atoms with van der Waals surface area (Å²) in [5, 5.41) is 2.52. The Hall–Kier alpha value is -4.48. The number of anilines is 1. The average Bonchev–Trinajstić information content (AvgIpc) is 2.86. The molecule has 0 aliphatic carbocycles. The number of benzene rings is 3. The molecule has 3 aromatic carbocycles. The molecule has 1 aromatic heterocycles. The Morgan fingerprint density at radius 3 is 2.24 bits per heavy atom. The monoisotopic (exact) mass is 519 g/mol. The minimum atomic E-state index is -4.63. The first-order valence-electron chi connectivity index (χ1n) is 10.7. The molecule has 4 rings (SSSR count). The summed E-state index contributed by atoms with van der Waals surface area (Å²) in [5.74, 6) is -0.479. The molecule has 1 amide bonds. The summed E-state index contributed by atoms with van der Waals surface area (Å²) >= 11 is 0. The molecule has 192 valence electrons. The van der Waals surface area contributed by atoms with Gasteiger partial charge in [0.15, 0.2) is 6.10 Å². The van der Waals surface area contributed by atoms with Crippen molar-refractivity contribution < 1.29 is 41.0 Å². The summed E-state index contributed by atoms with van der Waals surface area (Å²) in [7, 11) is 0. The highest BCUT2D eigenvalue weighted by molar-refractivity contribution is 5.94. The third-order valence-corrected chi connectivity index (χ3v) is 4.84. The summed E-state index contributed by atoms with van der Waals surface area (Å²) in [6.45, 7) is 1.49. The number of fused-ring (bicyclic) bond motifs is 1. The van der Waals surface area contributed by atoms with E-state index in [1.807, 2.05) is 0 Å². The molecule has 1 heterocycles. The first kappa shape index (κ1) is 25.6. The van der Waals surface area contributed by atoms with Gasteiger partial charge in [0.2, 0.25) is 5.88 Å². The van der Waals surface area contributed by atoms with Crippen LogP contribution in [0.25, 0.3) is 11.0 Å². The molecular weight excluding hydrogens is 501 g/mol. The maximum absolute atomic E-state index is 13.3. The third-order valence-electron chi connectivity index (χ3n) is 4.84. The van der Waals surface area contributed by atoms with Gasteiger partial charge in [-0.2, -0.15) is 17.6 Å². The van der Waals surface area contributed by atoms with Gasteiger partial charge in [0.05, 0.1) is 17.2 Å². The highest BCUT2D eigenvalue weighted by atomic mass is 19.3. The number of carbonyl (C=O) groups is 1. The van der Waals surface area contributed by atoms with E-state index in [9.17, 15) is 26.7 Å². The van der Waals surface area contributed by atoms with Gasteiger partial charge in [0.1, 0.15) is 23.1 Å². The number of aromatic nitrogens is 2. The highest BCUT2D eigenvalue weighted by Gasteiger charge is 2.43. The lowest BCUT2D eigenvalue weighted by Gasteiger charge is -2.17. The number of hydrogen-bond donors (Lipinski definition) is 1. The number of carbonyl (C=O) groups excluding carboxylic acids is 1. The van der Waals surface area contributed by atoms with Crippen LogP contribution in [-0.2, 0) is 4.79 Å². The number of rotatable bonds is 9. The molecule has 0 saturated carbocycles. The van der Waals surface area contributed by atoms with Crippen molar-refractivity contribution in [2.75, 3.05) is 5.32 Å².